The zero-order valence-electron chi connectivity index (χ0n) is 14.8. The number of ether oxygens (including phenoxy) is 1. The molecule has 138 valence electrons. The van der Waals surface area contributed by atoms with Crippen LogP contribution in [0.5, 0.6) is 0 Å². The minimum absolute atomic E-state index is 0.243. The molecule has 0 amide bonds. The van der Waals surface area contributed by atoms with Crippen molar-refractivity contribution in [3.63, 3.8) is 0 Å². The Kier molecular flexibility index (Phi) is 5.61. The molecule has 8 heteroatoms. The molecule has 0 aliphatic carbocycles. The monoisotopic (exact) mass is 396 g/mol. The lowest BCUT2D eigenvalue weighted by molar-refractivity contribution is 0.0600. The van der Waals surface area contributed by atoms with Crippen molar-refractivity contribution in [1.29, 1.82) is 0 Å². The van der Waals surface area contributed by atoms with Crippen LogP contribution in [-0.2, 0) is 13.8 Å². The van der Waals surface area contributed by atoms with Crippen LogP contribution in [0.2, 0.25) is 5.02 Å². The summed E-state index contributed by atoms with van der Waals surface area (Å²) in [5.41, 5.74) is 2.29. The molecule has 1 N–H and O–H groups in total. The molecule has 0 bridgehead atoms. The maximum absolute atomic E-state index is 12.5. The Morgan fingerprint density at radius 3 is 2.50 bits per heavy atom. The SMILES string of the molecule is COC(=O)c1c(C)nc(C)c([P+]2(O)OCCCO2)c1-c1ccccc1Cl. The van der Waals surface area contributed by atoms with Gasteiger partial charge in [-0.2, -0.15) is 13.9 Å². The van der Waals surface area contributed by atoms with E-state index in [-0.39, 0.29) is 5.56 Å². The number of aromatic nitrogens is 1. The Morgan fingerprint density at radius 2 is 1.88 bits per heavy atom. The van der Waals surface area contributed by atoms with Gasteiger partial charge in [0.15, 0.2) is 0 Å². The lowest BCUT2D eigenvalue weighted by Gasteiger charge is -2.25. The van der Waals surface area contributed by atoms with Crippen LogP contribution in [0.3, 0.4) is 0 Å². The highest BCUT2D eigenvalue weighted by molar-refractivity contribution is 7.69. The second-order valence-electron chi connectivity index (χ2n) is 5.89. The van der Waals surface area contributed by atoms with Crippen molar-refractivity contribution in [3.05, 3.63) is 46.2 Å². The highest BCUT2D eigenvalue weighted by Gasteiger charge is 2.51. The standard InChI is InChI=1S/C18H20ClNO5P/c1-11-15(18(21)23-3)16(13-7-4-5-8-14(13)19)17(12(2)20-11)26(22)24-9-6-10-25-26/h4-5,7-8,22H,6,9-10H2,1-3H3/q+1. The Bertz CT molecular complexity index is 852. The lowest BCUT2D eigenvalue weighted by Crippen LogP contribution is -2.29. The summed E-state index contributed by atoms with van der Waals surface area (Å²) in [6, 6.07) is 7.10. The minimum Gasteiger partial charge on any atom is -0.465 e. The van der Waals surface area contributed by atoms with Crippen molar-refractivity contribution in [2.24, 2.45) is 0 Å². The maximum atomic E-state index is 12.5. The van der Waals surface area contributed by atoms with E-state index in [1.165, 1.54) is 7.11 Å². The Hall–Kier alpha value is -1.56. The average Bonchev–Trinajstić information content (AvgIpc) is 2.61. The molecule has 0 saturated carbocycles. The van der Waals surface area contributed by atoms with Gasteiger partial charge < -0.3 is 4.74 Å². The van der Waals surface area contributed by atoms with Gasteiger partial charge in [-0.3, -0.25) is 4.98 Å². The molecule has 1 aliphatic heterocycles. The number of aryl methyl sites for hydroxylation is 2. The van der Waals surface area contributed by atoms with Crippen LogP contribution in [0.4, 0.5) is 0 Å². The number of carbonyl (C=O) groups excluding carboxylic acids is 1. The second-order valence-corrected chi connectivity index (χ2v) is 8.30. The third-order valence-electron chi connectivity index (χ3n) is 4.16. The molecule has 1 aliphatic rings. The number of carbonyl (C=O) groups is 1. The van der Waals surface area contributed by atoms with E-state index in [0.717, 1.165) is 0 Å². The molecule has 0 unspecified atom stereocenters. The number of nitrogens with zero attached hydrogens (tertiary/aromatic N) is 1. The van der Waals surface area contributed by atoms with Crippen molar-refractivity contribution in [3.8, 4) is 11.1 Å². The maximum Gasteiger partial charge on any atom is 0.448 e. The molecule has 1 saturated heterocycles. The first-order chi connectivity index (χ1) is 12.4. The van der Waals surface area contributed by atoms with Crippen molar-refractivity contribution in [1.82, 2.24) is 4.98 Å². The van der Waals surface area contributed by atoms with E-state index in [1.807, 2.05) is 6.07 Å². The number of pyridine rings is 1. The van der Waals surface area contributed by atoms with E-state index in [4.69, 9.17) is 25.4 Å². The topological polar surface area (TPSA) is 77.9 Å². The van der Waals surface area contributed by atoms with Crippen molar-refractivity contribution in [2.75, 3.05) is 20.3 Å². The fourth-order valence-electron chi connectivity index (χ4n) is 3.07. The van der Waals surface area contributed by atoms with Crippen molar-refractivity contribution in [2.45, 2.75) is 20.3 Å². The summed E-state index contributed by atoms with van der Waals surface area (Å²) in [6.07, 6.45) is 0.686. The van der Waals surface area contributed by atoms with Crippen molar-refractivity contribution >= 4 is 30.8 Å². The summed E-state index contributed by atoms with van der Waals surface area (Å²) in [4.78, 5) is 28.1. The molecular formula is C18H20ClNO5P+. The van der Waals surface area contributed by atoms with Gasteiger partial charge in [-0.05, 0) is 19.9 Å². The predicted molar refractivity (Wildman–Crippen MR) is 101 cm³/mol. The highest BCUT2D eigenvalue weighted by atomic mass is 35.5. The fraction of sp³-hybridized carbons (Fsp3) is 0.333. The van der Waals surface area contributed by atoms with Crippen LogP contribution >= 0.6 is 19.5 Å². The normalized spacial score (nSPS) is 16.3. The minimum atomic E-state index is -3.40. The van der Waals surface area contributed by atoms with Crippen LogP contribution in [-0.4, -0.2) is 36.2 Å². The van der Waals surface area contributed by atoms with Crippen LogP contribution in [0.25, 0.3) is 11.1 Å². The van der Waals surface area contributed by atoms with E-state index < -0.39 is 13.9 Å². The molecule has 0 spiro atoms. The average molecular weight is 397 g/mol. The van der Waals surface area contributed by atoms with Gasteiger partial charge in [0.2, 0.25) is 5.30 Å². The number of hydrogen-bond donors (Lipinski definition) is 1. The first-order valence-corrected chi connectivity index (χ1v) is 10.1. The number of esters is 1. The third-order valence-corrected chi connectivity index (χ3v) is 6.67. The second kappa shape index (κ2) is 7.59. The van der Waals surface area contributed by atoms with E-state index in [9.17, 15) is 9.69 Å². The zero-order chi connectivity index (χ0) is 18.9. The van der Waals surface area contributed by atoms with Crippen LogP contribution in [0.1, 0.15) is 28.2 Å². The molecule has 1 fully saturated rings. The largest absolute Gasteiger partial charge is 0.465 e. The van der Waals surface area contributed by atoms with E-state index in [1.54, 1.807) is 32.0 Å². The molecular weight excluding hydrogens is 377 g/mol. The van der Waals surface area contributed by atoms with Gasteiger partial charge in [0, 0.05) is 17.0 Å². The fourth-order valence-corrected chi connectivity index (χ4v) is 5.36. The molecule has 2 aromatic rings. The van der Waals surface area contributed by atoms with Gasteiger partial charge in [0.25, 0.3) is 0 Å². The summed E-state index contributed by atoms with van der Waals surface area (Å²) in [5, 5.41) is 0.809. The summed E-state index contributed by atoms with van der Waals surface area (Å²) >= 11 is 6.42. The molecule has 0 atom stereocenters. The number of rotatable bonds is 3. The summed E-state index contributed by atoms with van der Waals surface area (Å²) < 4.78 is 16.3. The zero-order valence-corrected chi connectivity index (χ0v) is 16.4. The molecule has 6 nitrogen and oxygen atoms in total. The third kappa shape index (κ3) is 3.36. The van der Waals surface area contributed by atoms with E-state index in [2.05, 4.69) is 4.98 Å². The number of methoxy groups -OCH3 is 1. The Morgan fingerprint density at radius 1 is 1.23 bits per heavy atom. The summed E-state index contributed by atoms with van der Waals surface area (Å²) in [5.74, 6) is -0.560. The lowest BCUT2D eigenvalue weighted by atomic mass is 9.98. The highest BCUT2D eigenvalue weighted by Crippen LogP contribution is 2.60. The summed E-state index contributed by atoms with van der Waals surface area (Å²) in [7, 11) is -2.10. The van der Waals surface area contributed by atoms with Crippen LogP contribution < -0.4 is 5.30 Å². The van der Waals surface area contributed by atoms with Gasteiger partial charge in [-0.25, -0.2) is 4.79 Å². The number of benzene rings is 1. The van der Waals surface area contributed by atoms with Gasteiger partial charge in [-0.1, -0.05) is 29.8 Å². The quantitative estimate of drug-likeness (QED) is 0.630. The molecule has 1 aromatic carbocycles. The summed E-state index contributed by atoms with van der Waals surface area (Å²) in [6.45, 7) is 4.21. The molecule has 0 radical (unpaired) electrons. The van der Waals surface area contributed by atoms with E-state index in [0.29, 0.717) is 52.5 Å². The van der Waals surface area contributed by atoms with Crippen LogP contribution in [0.15, 0.2) is 24.3 Å². The first-order valence-electron chi connectivity index (χ1n) is 8.15. The smallest absolute Gasteiger partial charge is 0.448 e. The number of halogens is 1. The molecule has 26 heavy (non-hydrogen) atoms. The molecule has 3 rings (SSSR count). The van der Waals surface area contributed by atoms with Gasteiger partial charge >= 0.3 is 13.9 Å². The molecule has 2 heterocycles. The predicted octanol–water partition coefficient (Wildman–Crippen LogP) is 3.62. The first kappa shape index (κ1) is 19.2. The van der Waals surface area contributed by atoms with Crippen molar-refractivity contribution < 1.29 is 23.5 Å². The van der Waals surface area contributed by atoms with E-state index >= 15 is 0 Å². The molecule has 1 aromatic heterocycles. The van der Waals surface area contributed by atoms with Gasteiger partial charge in [0.05, 0.1) is 29.6 Å². The Balaban J connectivity index is 2.40. The van der Waals surface area contributed by atoms with Gasteiger partial charge in [0.1, 0.15) is 13.2 Å². The Labute approximate surface area is 157 Å². The van der Waals surface area contributed by atoms with Gasteiger partial charge in [-0.15, -0.1) is 0 Å². The van der Waals surface area contributed by atoms with Crippen LogP contribution in [0, 0.1) is 13.8 Å². The number of hydrogen-bond acceptors (Lipinski definition) is 6.